The molecule has 130 valence electrons. The van der Waals surface area contributed by atoms with Gasteiger partial charge in [0.2, 0.25) is 0 Å². The minimum atomic E-state index is -5.84. The Balaban J connectivity index is 0.000000515. The predicted octanol–water partition coefficient (Wildman–Crippen LogP) is 1.11. The highest BCUT2D eigenvalue weighted by atomic mass is 32.2. The lowest BCUT2D eigenvalue weighted by atomic mass is 10.0. The quantitative estimate of drug-likeness (QED) is 0.273. The minimum Gasteiger partial charge on any atom is -0.478 e. The molecular weight excluding hydrogens is 343 g/mol. The zero-order chi connectivity index (χ0) is 18.4. The van der Waals surface area contributed by atoms with Gasteiger partial charge in [0.05, 0.1) is 11.6 Å². The van der Waals surface area contributed by atoms with E-state index >= 15 is 0 Å². The Morgan fingerprint density at radius 1 is 1.26 bits per heavy atom. The maximum atomic E-state index is 10.9. The number of aromatic carboxylic acids is 1. The van der Waals surface area contributed by atoms with Crippen molar-refractivity contribution < 1.29 is 36.0 Å². The van der Waals surface area contributed by atoms with E-state index < -0.39 is 21.6 Å². The number of aliphatic imine (C=N–C) groups is 1. The van der Waals surface area contributed by atoms with Crippen LogP contribution in [0.1, 0.15) is 28.9 Å². The van der Waals surface area contributed by atoms with Gasteiger partial charge < -0.3 is 16.6 Å². The Bertz CT molecular complexity index is 684. The van der Waals surface area contributed by atoms with Crippen LogP contribution in [0.25, 0.3) is 0 Å². The van der Waals surface area contributed by atoms with Crippen molar-refractivity contribution in [2.45, 2.75) is 18.5 Å². The third-order valence-electron chi connectivity index (χ3n) is 2.28. The van der Waals surface area contributed by atoms with E-state index in [-0.39, 0.29) is 17.6 Å². The van der Waals surface area contributed by atoms with Crippen LogP contribution in [0.5, 0.6) is 0 Å². The van der Waals surface area contributed by atoms with Crippen LogP contribution in [0, 0.1) is 0 Å². The van der Waals surface area contributed by atoms with Crippen LogP contribution in [0.2, 0.25) is 0 Å². The summed E-state index contributed by atoms with van der Waals surface area (Å²) in [5, 5.41) is 8.94. The van der Waals surface area contributed by atoms with Crippen LogP contribution in [-0.2, 0) is 10.1 Å². The van der Waals surface area contributed by atoms with Crippen LogP contribution in [0.15, 0.2) is 29.3 Å². The van der Waals surface area contributed by atoms with E-state index in [9.17, 15) is 18.0 Å². The summed E-state index contributed by atoms with van der Waals surface area (Å²) >= 11 is 0. The van der Waals surface area contributed by atoms with Crippen LogP contribution in [0.4, 0.5) is 13.2 Å². The second-order valence-corrected chi connectivity index (χ2v) is 5.46. The van der Waals surface area contributed by atoms with Crippen molar-refractivity contribution in [3.05, 3.63) is 35.4 Å². The summed E-state index contributed by atoms with van der Waals surface area (Å²) in [6.07, 6.45) is 0. The van der Waals surface area contributed by atoms with E-state index in [4.69, 9.17) is 29.5 Å². The number of hydrogen-bond donors (Lipinski definition) is 4. The largest absolute Gasteiger partial charge is 0.522 e. The molecule has 0 bridgehead atoms. The molecule has 1 rings (SSSR count). The molecule has 0 aliphatic carbocycles. The lowest BCUT2D eigenvalue weighted by molar-refractivity contribution is -0.0510. The first-order valence-corrected chi connectivity index (χ1v) is 7.16. The number of carboxylic acids is 1. The lowest BCUT2D eigenvalue weighted by Gasteiger charge is -2.10. The maximum absolute atomic E-state index is 10.9. The molecule has 23 heavy (non-hydrogen) atoms. The second-order valence-electron chi connectivity index (χ2n) is 4.04. The SMILES string of the molecule is CC(N=C(N)N)c1ccccc1C(=O)O.O=S(=O)(O)C(F)(F)F. The fourth-order valence-electron chi connectivity index (χ4n) is 1.35. The summed E-state index contributed by atoms with van der Waals surface area (Å²) < 4.78 is 57.5. The molecule has 8 nitrogen and oxygen atoms in total. The van der Waals surface area contributed by atoms with Crippen molar-refractivity contribution >= 4 is 22.0 Å². The number of halogens is 3. The zero-order valence-electron chi connectivity index (χ0n) is 11.6. The molecule has 12 heteroatoms. The van der Waals surface area contributed by atoms with Crippen molar-refractivity contribution in [3.63, 3.8) is 0 Å². The fraction of sp³-hybridized carbons (Fsp3) is 0.273. The number of alkyl halides is 3. The average Bonchev–Trinajstić information content (AvgIpc) is 2.36. The molecule has 0 aliphatic rings. The molecule has 0 aliphatic heterocycles. The van der Waals surface area contributed by atoms with E-state index in [0.29, 0.717) is 5.56 Å². The maximum Gasteiger partial charge on any atom is 0.522 e. The number of hydrogen-bond acceptors (Lipinski definition) is 4. The number of nitrogens with zero attached hydrogens (tertiary/aromatic N) is 1. The molecular formula is C11H14F3N3O5S. The summed E-state index contributed by atoms with van der Waals surface area (Å²) in [4.78, 5) is 14.8. The molecule has 0 saturated heterocycles. The van der Waals surface area contributed by atoms with Crippen molar-refractivity contribution in [1.29, 1.82) is 0 Å². The molecule has 0 aromatic heterocycles. The first-order chi connectivity index (χ1) is 10.3. The molecule has 0 radical (unpaired) electrons. The molecule has 6 N–H and O–H groups in total. The van der Waals surface area contributed by atoms with Gasteiger partial charge in [0.25, 0.3) is 0 Å². The van der Waals surface area contributed by atoms with Gasteiger partial charge in [-0.05, 0) is 18.6 Å². The predicted molar refractivity (Wildman–Crippen MR) is 75.2 cm³/mol. The number of guanidine groups is 1. The van der Waals surface area contributed by atoms with Crippen molar-refractivity contribution in [2.24, 2.45) is 16.5 Å². The zero-order valence-corrected chi connectivity index (χ0v) is 12.5. The van der Waals surface area contributed by atoms with Crippen molar-refractivity contribution in [3.8, 4) is 0 Å². The van der Waals surface area contributed by atoms with Gasteiger partial charge >= 0.3 is 21.6 Å². The molecule has 0 heterocycles. The Morgan fingerprint density at radius 2 is 1.70 bits per heavy atom. The normalized spacial score (nSPS) is 12.6. The van der Waals surface area contributed by atoms with E-state index in [1.807, 2.05) is 0 Å². The van der Waals surface area contributed by atoms with Crippen LogP contribution in [0.3, 0.4) is 0 Å². The molecule has 0 saturated carbocycles. The van der Waals surface area contributed by atoms with Crippen molar-refractivity contribution in [2.75, 3.05) is 0 Å². The molecule has 1 aromatic carbocycles. The summed E-state index contributed by atoms with van der Waals surface area (Å²) in [5.74, 6) is -1.04. The van der Waals surface area contributed by atoms with E-state index in [0.717, 1.165) is 0 Å². The summed E-state index contributed by atoms with van der Waals surface area (Å²) in [7, 11) is -5.84. The molecule has 1 aromatic rings. The first kappa shape index (κ1) is 20.7. The van der Waals surface area contributed by atoms with Gasteiger partial charge in [0, 0.05) is 0 Å². The van der Waals surface area contributed by atoms with Crippen LogP contribution >= 0.6 is 0 Å². The Hall–Kier alpha value is -2.34. The monoisotopic (exact) mass is 357 g/mol. The third kappa shape index (κ3) is 6.97. The van der Waals surface area contributed by atoms with Crippen LogP contribution in [-0.4, -0.2) is 35.5 Å². The van der Waals surface area contributed by atoms with Gasteiger partial charge in [-0.3, -0.25) is 4.55 Å². The first-order valence-electron chi connectivity index (χ1n) is 5.72. The highest BCUT2D eigenvalue weighted by Crippen LogP contribution is 2.21. The van der Waals surface area contributed by atoms with Gasteiger partial charge in [-0.25, -0.2) is 9.79 Å². The van der Waals surface area contributed by atoms with Crippen LogP contribution < -0.4 is 11.5 Å². The van der Waals surface area contributed by atoms with E-state index in [2.05, 4.69) is 4.99 Å². The van der Waals surface area contributed by atoms with Gasteiger partial charge in [-0.15, -0.1) is 0 Å². The van der Waals surface area contributed by atoms with Gasteiger partial charge in [-0.1, -0.05) is 18.2 Å². The summed E-state index contributed by atoms with van der Waals surface area (Å²) in [6, 6.07) is 6.27. The number of rotatable bonds is 3. The minimum absolute atomic E-state index is 0.0531. The molecule has 0 amide bonds. The Morgan fingerprint density at radius 3 is 2.04 bits per heavy atom. The van der Waals surface area contributed by atoms with Gasteiger partial charge in [0.15, 0.2) is 5.96 Å². The number of carbonyl (C=O) groups is 1. The number of nitrogens with two attached hydrogens (primary N) is 2. The highest BCUT2D eigenvalue weighted by Gasteiger charge is 2.44. The third-order valence-corrected chi connectivity index (χ3v) is 2.86. The number of benzene rings is 1. The van der Waals surface area contributed by atoms with E-state index in [1.165, 1.54) is 6.07 Å². The Labute approximate surface area is 129 Å². The van der Waals surface area contributed by atoms with Gasteiger partial charge in [0.1, 0.15) is 0 Å². The molecule has 0 spiro atoms. The summed E-state index contributed by atoms with van der Waals surface area (Å²) in [6.45, 7) is 1.74. The molecule has 1 atom stereocenters. The van der Waals surface area contributed by atoms with Gasteiger partial charge in [-0.2, -0.15) is 21.6 Å². The highest BCUT2D eigenvalue weighted by molar-refractivity contribution is 7.86. The number of carboxylic acid groups (broad SMARTS) is 1. The second kappa shape index (κ2) is 7.78. The lowest BCUT2D eigenvalue weighted by Crippen LogP contribution is -2.23. The summed E-state index contributed by atoms with van der Waals surface area (Å²) in [5.41, 5.74) is 5.75. The van der Waals surface area contributed by atoms with Crippen molar-refractivity contribution in [1.82, 2.24) is 0 Å². The smallest absolute Gasteiger partial charge is 0.478 e. The Kier molecular flexibility index (Phi) is 6.99. The fourth-order valence-corrected chi connectivity index (χ4v) is 1.35. The topological polar surface area (TPSA) is 156 Å². The van der Waals surface area contributed by atoms with E-state index in [1.54, 1.807) is 25.1 Å². The molecule has 0 fully saturated rings. The standard InChI is InChI=1S/C10H13N3O2.CHF3O3S/c1-6(13-10(11)12)7-4-2-3-5-8(7)9(14)15;2-1(3,4)8(5,6)7/h2-6H,1H3,(H,14,15)(H4,11,12,13);(H,5,6,7). The molecule has 1 unspecified atom stereocenters. The average molecular weight is 357 g/mol.